The average Bonchev–Trinajstić information content (AvgIpc) is 3.13. The highest BCUT2D eigenvalue weighted by atomic mass is 19.1. The SMILES string of the molecule is COC(=O)c1[nH]c2cccc(C)c2c1NC(=O)CN1CCN(c2ccccc2F)CC1. The molecular weight excluding hydrogens is 399 g/mol. The number of nitrogens with zero attached hydrogens (tertiary/aromatic N) is 2. The highest BCUT2D eigenvalue weighted by Gasteiger charge is 2.24. The van der Waals surface area contributed by atoms with Crippen LogP contribution in [0.2, 0.25) is 0 Å². The number of hydrogen-bond acceptors (Lipinski definition) is 5. The monoisotopic (exact) mass is 424 g/mol. The van der Waals surface area contributed by atoms with Gasteiger partial charge in [0, 0.05) is 37.1 Å². The molecule has 162 valence electrons. The van der Waals surface area contributed by atoms with Gasteiger partial charge in [0.15, 0.2) is 0 Å². The summed E-state index contributed by atoms with van der Waals surface area (Å²) in [6, 6.07) is 12.4. The molecule has 0 spiro atoms. The minimum absolute atomic E-state index is 0.185. The van der Waals surface area contributed by atoms with Crippen molar-refractivity contribution in [2.45, 2.75) is 6.92 Å². The smallest absolute Gasteiger partial charge is 0.356 e. The lowest BCUT2D eigenvalue weighted by atomic mass is 10.1. The molecule has 7 nitrogen and oxygen atoms in total. The molecule has 1 aliphatic heterocycles. The Balaban J connectivity index is 1.45. The molecule has 0 atom stereocenters. The Kier molecular flexibility index (Phi) is 5.90. The summed E-state index contributed by atoms with van der Waals surface area (Å²) in [5, 5.41) is 3.69. The van der Waals surface area contributed by atoms with E-state index in [4.69, 9.17) is 4.74 Å². The lowest BCUT2D eigenvalue weighted by Gasteiger charge is -2.35. The van der Waals surface area contributed by atoms with Crippen LogP contribution in [0.15, 0.2) is 42.5 Å². The van der Waals surface area contributed by atoms with Gasteiger partial charge in [-0.2, -0.15) is 0 Å². The normalized spacial score (nSPS) is 14.6. The highest BCUT2D eigenvalue weighted by molar-refractivity contribution is 6.12. The standard InChI is InChI=1S/C23H25FN4O3/c1-15-6-5-8-17-20(15)21(22(25-17)23(30)31-2)26-19(29)14-27-10-12-28(13-11-27)18-9-4-3-7-16(18)24/h3-9,25H,10-14H2,1-2H3,(H,26,29). The molecule has 1 aliphatic rings. The summed E-state index contributed by atoms with van der Waals surface area (Å²) in [6.07, 6.45) is 0. The van der Waals surface area contributed by atoms with Crippen molar-refractivity contribution in [2.24, 2.45) is 0 Å². The maximum absolute atomic E-state index is 14.0. The number of H-pyrrole nitrogens is 1. The number of carbonyl (C=O) groups excluding carboxylic acids is 2. The molecular formula is C23H25FN4O3. The van der Waals surface area contributed by atoms with Crippen molar-refractivity contribution in [3.63, 3.8) is 0 Å². The second kappa shape index (κ2) is 8.77. The Morgan fingerprint density at radius 2 is 1.84 bits per heavy atom. The number of rotatable bonds is 5. The highest BCUT2D eigenvalue weighted by Crippen LogP contribution is 2.31. The number of benzene rings is 2. The molecule has 8 heteroatoms. The first kappa shape index (κ1) is 20.9. The van der Waals surface area contributed by atoms with E-state index in [1.165, 1.54) is 13.2 Å². The zero-order valence-corrected chi connectivity index (χ0v) is 17.6. The fourth-order valence-electron chi connectivity index (χ4n) is 4.04. The van der Waals surface area contributed by atoms with Gasteiger partial charge in [-0.1, -0.05) is 24.3 Å². The van der Waals surface area contributed by atoms with Crippen LogP contribution in [0.1, 0.15) is 16.1 Å². The first-order chi connectivity index (χ1) is 15.0. The van der Waals surface area contributed by atoms with Crippen molar-refractivity contribution >= 4 is 34.2 Å². The topological polar surface area (TPSA) is 77.7 Å². The summed E-state index contributed by atoms with van der Waals surface area (Å²) >= 11 is 0. The maximum atomic E-state index is 14.0. The molecule has 3 aromatic rings. The summed E-state index contributed by atoms with van der Waals surface area (Å²) in [5.41, 5.74) is 2.95. The van der Waals surface area contributed by atoms with Crippen LogP contribution in [-0.2, 0) is 9.53 Å². The van der Waals surface area contributed by atoms with Crippen LogP contribution in [0.3, 0.4) is 0 Å². The number of methoxy groups -OCH3 is 1. The van der Waals surface area contributed by atoms with Gasteiger partial charge in [0.05, 0.1) is 25.0 Å². The van der Waals surface area contributed by atoms with Crippen molar-refractivity contribution in [2.75, 3.05) is 50.1 Å². The van der Waals surface area contributed by atoms with Crippen LogP contribution in [0.4, 0.5) is 15.8 Å². The summed E-state index contributed by atoms with van der Waals surface area (Å²) in [7, 11) is 1.31. The fraction of sp³-hybridized carbons (Fsp3) is 0.304. The lowest BCUT2D eigenvalue weighted by molar-refractivity contribution is -0.117. The maximum Gasteiger partial charge on any atom is 0.356 e. The number of anilines is 2. The minimum atomic E-state index is -0.538. The van der Waals surface area contributed by atoms with Crippen molar-refractivity contribution in [1.29, 1.82) is 0 Å². The number of fused-ring (bicyclic) bond motifs is 1. The average molecular weight is 424 g/mol. The second-order valence-corrected chi connectivity index (χ2v) is 7.63. The first-order valence-electron chi connectivity index (χ1n) is 10.2. The number of aryl methyl sites for hydroxylation is 1. The number of aromatic nitrogens is 1. The van der Waals surface area contributed by atoms with E-state index in [1.807, 2.05) is 41.0 Å². The van der Waals surface area contributed by atoms with Gasteiger partial charge in [-0.15, -0.1) is 0 Å². The Morgan fingerprint density at radius 3 is 2.55 bits per heavy atom. The van der Waals surface area contributed by atoms with E-state index in [9.17, 15) is 14.0 Å². The third kappa shape index (κ3) is 4.25. The van der Waals surface area contributed by atoms with Gasteiger partial charge in [-0.05, 0) is 30.7 Å². The number of halogens is 1. The van der Waals surface area contributed by atoms with Crippen LogP contribution in [0, 0.1) is 12.7 Å². The molecule has 2 heterocycles. The number of aromatic amines is 1. The molecule has 2 N–H and O–H groups in total. The minimum Gasteiger partial charge on any atom is -0.464 e. The van der Waals surface area contributed by atoms with Crippen molar-refractivity contribution < 1.29 is 18.7 Å². The predicted octanol–water partition coefficient (Wildman–Crippen LogP) is 3.16. The molecule has 0 radical (unpaired) electrons. The van der Waals surface area contributed by atoms with Gasteiger partial charge in [-0.3, -0.25) is 9.69 Å². The molecule has 1 amide bonds. The molecule has 1 fully saturated rings. The molecule has 2 aromatic carbocycles. The van der Waals surface area contributed by atoms with Gasteiger partial charge in [0.25, 0.3) is 0 Å². The predicted molar refractivity (Wildman–Crippen MR) is 118 cm³/mol. The molecule has 0 unspecified atom stereocenters. The van der Waals surface area contributed by atoms with Gasteiger partial charge >= 0.3 is 5.97 Å². The third-order valence-corrected chi connectivity index (χ3v) is 5.62. The summed E-state index contributed by atoms with van der Waals surface area (Å²) in [6.45, 7) is 4.65. The zero-order valence-electron chi connectivity index (χ0n) is 17.6. The van der Waals surface area contributed by atoms with E-state index < -0.39 is 5.97 Å². The number of piperazine rings is 1. The number of nitrogens with one attached hydrogen (secondary N) is 2. The van der Waals surface area contributed by atoms with E-state index in [0.29, 0.717) is 37.6 Å². The van der Waals surface area contributed by atoms with E-state index in [-0.39, 0.29) is 24.0 Å². The van der Waals surface area contributed by atoms with E-state index in [2.05, 4.69) is 10.3 Å². The number of ether oxygens (including phenoxy) is 1. The molecule has 1 saturated heterocycles. The molecule has 0 aliphatic carbocycles. The van der Waals surface area contributed by atoms with Gasteiger partial charge in [0.2, 0.25) is 5.91 Å². The van der Waals surface area contributed by atoms with Crippen LogP contribution in [-0.4, -0.2) is 61.6 Å². The molecule has 0 bridgehead atoms. The molecule has 1 aromatic heterocycles. The summed E-state index contributed by atoms with van der Waals surface area (Å²) < 4.78 is 18.9. The van der Waals surface area contributed by atoms with Gasteiger partial charge < -0.3 is 19.9 Å². The lowest BCUT2D eigenvalue weighted by Crippen LogP contribution is -2.49. The zero-order chi connectivity index (χ0) is 22.0. The van der Waals surface area contributed by atoms with Crippen molar-refractivity contribution in [3.05, 3.63) is 59.5 Å². The number of esters is 1. The fourth-order valence-corrected chi connectivity index (χ4v) is 4.04. The Bertz CT molecular complexity index is 1120. The summed E-state index contributed by atoms with van der Waals surface area (Å²) in [4.78, 5) is 32.1. The Hall–Kier alpha value is -3.39. The third-order valence-electron chi connectivity index (χ3n) is 5.62. The van der Waals surface area contributed by atoms with Crippen LogP contribution in [0.5, 0.6) is 0 Å². The number of amides is 1. The van der Waals surface area contributed by atoms with E-state index in [1.54, 1.807) is 12.1 Å². The van der Waals surface area contributed by atoms with Gasteiger partial charge in [-0.25, -0.2) is 9.18 Å². The number of carbonyl (C=O) groups is 2. The Morgan fingerprint density at radius 1 is 1.10 bits per heavy atom. The largest absolute Gasteiger partial charge is 0.464 e. The Labute approximate surface area is 179 Å². The van der Waals surface area contributed by atoms with Crippen LogP contribution >= 0.6 is 0 Å². The number of hydrogen-bond donors (Lipinski definition) is 2. The first-order valence-corrected chi connectivity index (χ1v) is 10.2. The van der Waals surface area contributed by atoms with Crippen LogP contribution < -0.4 is 10.2 Å². The molecule has 4 rings (SSSR count). The van der Waals surface area contributed by atoms with E-state index >= 15 is 0 Å². The van der Waals surface area contributed by atoms with Crippen molar-refractivity contribution in [3.8, 4) is 0 Å². The molecule has 31 heavy (non-hydrogen) atoms. The van der Waals surface area contributed by atoms with Gasteiger partial charge in [0.1, 0.15) is 11.5 Å². The van der Waals surface area contributed by atoms with Crippen LogP contribution in [0.25, 0.3) is 10.9 Å². The van der Waals surface area contributed by atoms with Crippen molar-refractivity contribution in [1.82, 2.24) is 9.88 Å². The summed E-state index contributed by atoms with van der Waals surface area (Å²) in [5.74, 6) is -0.989. The van der Waals surface area contributed by atoms with E-state index in [0.717, 1.165) is 16.5 Å². The number of para-hydroxylation sites is 1. The quantitative estimate of drug-likeness (QED) is 0.616. The second-order valence-electron chi connectivity index (χ2n) is 7.63. The molecule has 0 saturated carbocycles.